The van der Waals surface area contributed by atoms with Crippen molar-refractivity contribution in [3.8, 4) is 39.8 Å². The first-order chi connectivity index (χ1) is 29.7. The Kier molecular flexibility index (Phi) is 10.7. The normalized spacial score (nSPS) is 14.1. The molecular formula is C57H54N4OPt-2. The molecule has 10 rings (SSSR count). The Bertz CT molecular complexity index is 3190. The van der Waals surface area contributed by atoms with Crippen LogP contribution in [-0.2, 0) is 31.9 Å². The maximum Gasteiger partial charge on any atom is 0.268 e. The van der Waals surface area contributed by atoms with Crippen molar-refractivity contribution in [3.05, 3.63) is 174 Å². The minimum Gasteiger partial charge on any atom is -0.510 e. The number of hydrogen-bond acceptors (Lipinski definition) is 2. The van der Waals surface area contributed by atoms with Crippen LogP contribution in [-0.4, -0.2) is 14.1 Å². The Morgan fingerprint density at radius 3 is 2.02 bits per heavy atom. The fourth-order valence-electron chi connectivity index (χ4n) is 9.79. The van der Waals surface area contributed by atoms with Gasteiger partial charge >= 0.3 is 0 Å². The number of fused-ring (bicyclic) bond motifs is 5. The number of pyridine rings is 1. The van der Waals surface area contributed by atoms with E-state index < -0.39 is 0 Å². The Labute approximate surface area is 386 Å². The number of hydrogen-bond donors (Lipinski definition) is 0. The number of aromatic nitrogens is 4. The number of imidazole rings is 1. The molecule has 6 heteroatoms. The van der Waals surface area contributed by atoms with Crippen molar-refractivity contribution >= 4 is 32.8 Å². The zero-order valence-corrected chi connectivity index (χ0v) is 40.1. The zero-order chi connectivity index (χ0) is 43.2. The zero-order valence-electron chi connectivity index (χ0n) is 37.9. The van der Waals surface area contributed by atoms with Crippen LogP contribution < -0.4 is 9.30 Å². The molecular weight excluding hydrogens is 952 g/mol. The smallest absolute Gasteiger partial charge is 0.268 e. The van der Waals surface area contributed by atoms with E-state index in [-0.39, 0.29) is 31.9 Å². The molecule has 0 N–H and O–H groups in total. The summed E-state index contributed by atoms with van der Waals surface area (Å²) >= 11 is 0. The van der Waals surface area contributed by atoms with Crippen LogP contribution in [0, 0.1) is 18.5 Å². The molecule has 0 atom stereocenters. The molecule has 0 aliphatic carbocycles. The molecule has 1 aliphatic rings. The Hall–Kier alpha value is -5.77. The van der Waals surface area contributed by atoms with Crippen molar-refractivity contribution in [2.45, 2.75) is 97.8 Å². The molecule has 0 fully saturated rings. The molecule has 0 unspecified atom stereocenters. The quantitative estimate of drug-likeness (QED) is 0.112. The van der Waals surface area contributed by atoms with Gasteiger partial charge in [-0.25, -0.2) is 4.98 Å². The summed E-state index contributed by atoms with van der Waals surface area (Å²) in [6.45, 7) is 23.2. The SMILES string of the molecule is CC(C)c1cc(C(C)C)c(-c2ccnc(-n3c4[c-]c(Oc5[c-]c(-n6[c-][n+]7c8c(cccc86)C(C)(C)C(C)(C)c6ccccc6-7)ccc5)ccc4c4ccccc43)c2)c(C(C)C)c1.[Pt]. The summed E-state index contributed by atoms with van der Waals surface area (Å²) in [5, 5.41) is 2.23. The molecule has 1 aliphatic heterocycles. The summed E-state index contributed by atoms with van der Waals surface area (Å²) in [4.78, 5) is 5.03. The Morgan fingerprint density at radius 2 is 1.27 bits per heavy atom. The second-order valence-corrected chi connectivity index (χ2v) is 19.1. The molecule has 320 valence electrons. The molecule has 4 heterocycles. The number of ether oxygens (including phenoxy) is 1. The summed E-state index contributed by atoms with van der Waals surface area (Å²) in [6, 6.07) is 50.7. The number of benzene rings is 6. The summed E-state index contributed by atoms with van der Waals surface area (Å²) in [7, 11) is 0. The van der Waals surface area contributed by atoms with Gasteiger partial charge in [-0.15, -0.1) is 29.7 Å². The maximum absolute atomic E-state index is 6.68. The van der Waals surface area contributed by atoms with Crippen LogP contribution >= 0.6 is 0 Å². The van der Waals surface area contributed by atoms with Crippen LogP contribution in [0.3, 0.4) is 0 Å². The van der Waals surface area contributed by atoms with E-state index in [9.17, 15) is 0 Å². The van der Waals surface area contributed by atoms with Gasteiger partial charge in [0.25, 0.3) is 6.33 Å². The first-order valence-electron chi connectivity index (χ1n) is 22.1. The van der Waals surface area contributed by atoms with E-state index in [1.165, 1.54) is 38.9 Å². The predicted octanol–water partition coefficient (Wildman–Crippen LogP) is 14.2. The molecule has 0 saturated carbocycles. The minimum atomic E-state index is -0.156. The molecule has 3 aromatic heterocycles. The van der Waals surface area contributed by atoms with Gasteiger partial charge in [-0.1, -0.05) is 141 Å². The van der Waals surface area contributed by atoms with E-state index >= 15 is 0 Å². The average molecular weight is 1010 g/mol. The van der Waals surface area contributed by atoms with Gasteiger partial charge in [0.15, 0.2) is 0 Å². The molecule has 5 nitrogen and oxygen atoms in total. The minimum absolute atomic E-state index is 0. The molecule has 0 saturated heterocycles. The Balaban J connectivity index is 0.00000504. The van der Waals surface area contributed by atoms with E-state index in [1.807, 2.05) is 24.4 Å². The molecule has 6 aromatic carbocycles. The van der Waals surface area contributed by atoms with Crippen molar-refractivity contribution in [2.75, 3.05) is 0 Å². The van der Waals surface area contributed by atoms with Gasteiger partial charge in [-0.3, -0.25) is 4.57 Å². The van der Waals surface area contributed by atoms with Crippen molar-refractivity contribution in [3.63, 3.8) is 0 Å². The van der Waals surface area contributed by atoms with Crippen LogP contribution in [0.25, 0.3) is 61.2 Å². The van der Waals surface area contributed by atoms with Gasteiger partial charge in [0.2, 0.25) is 0 Å². The number of para-hydroxylation sites is 3. The maximum atomic E-state index is 6.68. The largest absolute Gasteiger partial charge is 0.510 e. The monoisotopic (exact) mass is 1010 g/mol. The topological polar surface area (TPSA) is 35.9 Å². The van der Waals surface area contributed by atoms with Crippen molar-refractivity contribution in [2.24, 2.45) is 0 Å². The fraction of sp³-hybridized carbons (Fsp3) is 0.263. The van der Waals surface area contributed by atoms with Crippen LogP contribution in [0.4, 0.5) is 0 Å². The van der Waals surface area contributed by atoms with E-state index in [0.717, 1.165) is 50.0 Å². The van der Waals surface area contributed by atoms with E-state index in [4.69, 9.17) is 9.72 Å². The third-order valence-corrected chi connectivity index (χ3v) is 13.9. The summed E-state index contributed by atoms with van der Waals surface area (Å²) < 4.78 is 13.3. The van der Waals surface area contributed by atoms with Crippen LogP contribution in [0.1, 0.15) is 115 Å². The first-order valence-corrected chi connectivity index (χ1v) is 22.1. The second kappa shape index (κ2) is 15.8. The molecule has 0 spiro atoms. The van der Waals surface area contributed by atoms with Gasteiger partial charge in [0.1, 0.15) is 5.82 Å². The standard InChI is InChI=1S/C57H54N4O.Pt/c1-35(2)39-29-45(36(3)4)54(46(30-39)37(5)6)38-27-28-58-53(31-38)61-49-22-13-11-19-43(49)44-26-25-42(33-52(44)61)62-41-18-15-17-40(32-41)59-34-60-50-23-14-12-20-47(50)56(7,8)57(9,10)48-21-16-24-51(59)55(48)60;/h11-31,35-37H,1-10H3;/q-2;. The third kappa shape index (κ3) is 6.77. The second-order valence-electron chi connectivity index (χ2n) is 19.1. The van der Waals surface area contributed by atoms with E-state index in [1.54, 1.807) is 0 Å². The molecule has 0 amide bonds. The van der Waals surface area contributed by atoms with Crippen LogP contribution in [0.15, 0.2) is 128 Å². The Morgan fingerprint density at radius 1 is 0.619 bits per heavy atom. The number of rotatable bonds is 8. The molecule has 63 heavy (non-hydrogen) atoms. The summed E-state index contributed by atoms with van der Waals surface area (Å²) in [6.07, 6.45) is 5.70. The van der Waals surface area contributed by atoms with Crippen molar-refractivity contribution < 1.29 is 30.4 Å². The van der Waals surface area contributed by atoms with Gasteiger partial charge < -0.3 is 13.9 Å². The van der Waals surface area contributed by atoms with E-state index in [2.05, 4.69) is 205 Å². The number of nitrogens with zero attached hydrogens (tertiary/aromatic N) is 4. The van der Waals surface area contributed by atoms with Gasteiger partial charge in [-0.05, 0) is 103 Å². The summed E-state index contributed by atoms with van der Waals surface area (Å²) in [5.74, 6) is 3.22. The van der Waals surface area contributed by atoms with E-state index in [0.29, 0.717) is 29.3 Å². The van der Waals surface area contributed by atoms with Crippen molar-refractivity contribution in [1.82, 2.24) is 14.1 Å². The first kappa shape index (κ1) is 42.5. The van der Waals surface area contributed by atoms with Gasteiger partial charge in [0.05, 0.1) is 16.7 Å². The van der Waals surface area contributed by atoms with Gasteiger partial charge in [-0.2, -0.15) is 18.2 Å². The van der Waals surface area contributed by atoms with Crippen molar-refractivity contribution in [1.29, 1.82) is 0 Å². The predicted molar refractivity (Wildman–Crippen MR) is 254 cm³/mol. The third-order valence-electron chi connectivity index (χ3n) is 13.9. The molecule has 0 radical (unpaired) electrons. The average Bonchev–Trinajstić information content (AvgIpc) is 3.80. The van der Waals surface area contributed by atoms with Crippen LogP contribution in [0.5, 0.6) is 11.5 Å². The molecule has 0 bridgehead atoms. The van der Waals surface area contributed by atoms with Gasteiger partial charge in [0, 0.05) is 44.3 Å². The van der Waals surface area contributed by atoms with Crippen LogP contribution in [0.2, 0.25) is 0 Å². The fourth-order valence-corrected chi connectivity index (χ4v) is 9.79. The molecule has 9 aromatic rings. The summed E-state index contributed by atoms with van der Waals surface area (Å²) in [5.41, 5.74) is 15.1.